The lowest BCUT2D eigenvalue weighted by molar-refractivity contribution is -0.141. The SMILES string of the molecule is CC(C)OC(=O)/C=C/c1ccc(Cn2ccnc2)cc1. The summed E-state index contributed by atoms with van der Waals surface area (Å²) in [4.78, 5) is 15.4. The van der Waals surface area contributed by atoms with Gasteiger partial charge in [0.05, 0.1) is 12.4 Å². The van der Waals surface area contributed by atoms with Gasteiger partial charge in [-0.3, -0.25) is 0 Å². The van der Waals surface area contributed by atoms with Crippen LogP contribution in [0.15, 0.2) is 49.1 Å². The molecule has 0 aliphatic heterocycles. The first-order valence-electron chi connectivity index (χ1n) is 6.57. The molecule has 2 aromatic rings. The van der Waals surface area contributed by atoms with Crippen LogP contribution < -0.4 is 0 Å². The van der Waals surface area contributed by atoms with Gasteiger partial charge in [-0.15, -0.1) is 0 Å². The highest BCUT2D eigenvalue weighted by molar-refractivity contribution is 5.87. The number of benzene rings is 1. The Hall–Kier alpha value is -2.36. The second kappa shape index (κ2) is 6.70. The van der Waals surface area contributed by atoms with Crippen molar-refractivity contribution < 1.29 is 9.53 Å². The molecule has 4 nitrogen and oxygen atoms in total. The van der Waals surface area contributed by atoms with Gasteiger partial charge >= 0.3 is 5.97 Å². The lowest BCUT2D eigenvalue weighted by Crippen LogP contribution is -2.08. The molecular formula is C16H18N2O2. The zero-order chi connectivity index (χ0) is 14.4. The maximum atomic E-state index is 11.4. The van der Waals surface area contributed by atoms with Crippen LogP contribution >= 0.6 is 0 Å². The number of rotatable bonds is 5. The summed E-state index contributed by atoms with van der Waals surface area (Å²) >= 11 is 0. The van der Waals surface area contributed by atoms with Crippen LogP contribution in [-0.4, -0.2) is 21.6 Å². The Morgan fingerprint density at radius 1 is 1.35 bits per heavy atom. The molecule has 104 valence electrons. The smallest absolute Gasteiger partial charge is 0.331 e. The predicted molar refractivity (Wildman–Crippen MR) is 78.0 cm³/mol. The van der Waals surface area contributed by atoms with Gasteiger partial charge in [0.2, 0.25) is 0 Å². The van der Waals surface area contributed by atoms with E-state index in [1.165, 1.54) is 11.6 Å². The minimum atomic E-state index is -0.317. The fraction of sp³-hybridized carbons (Fsp3) is 0.250. The Morgan fingerprint density at radius 3 is 2.70 bits per heavy atom. The standard InChI is InChI=1S/C16H18N2O2/c1-13(2)20-16(19)8-7-14-3-5-15(6-4-14)11-18-10-9-17-12-18/h3-10,12-13H,11H2,1-2H3/b8-7+. The summed E-state index contributed by atoms with van der Waals surface area (Å²) in [5, 5.41) is 0. The lowest BCUT2D eigenvalue weighted by Gasteiger charge is -2.04. The third-order valence-corrected chi connectivity index (χ3v) is 2.67. The van der Waals surface area contributed by atoms with Crippen molar-refractivity contribution in [1.29, 1.82) is 0 Å². The molecule has 0 unspecified atom stereocenters. The number of hydrogen-bond donors (Lipinski definition) is 0. The maximum Gasteiger partial charge on any atom is 0.331 e. The zero-order valence-electron chi connectivity index (χ0n) is 11.7. The molecule has 0 aliphatic rings. The number of carbonyl (C=O) groups excluding carboxylic acids is 1. The summed E-state index contributed by atoms with van der Waals surface area (Å²) in [5.74, 6) is -0.317. The highest BCUT2D eigenvalue weighted by Gasteiger charge is 2.00. The monoisotopic (exact) mass is 270 g/mol. The first-order chi connectivity index (χ1) is 9.63. The van der Waals surface area contributed by atoms with Crippen LogP contribution in [0.25, 0.3) is 6.08 Å². The van der Waals surface area contributed by atoms with Crippen molar-refractivity contribution in [2.45, 2.75) is 26.5 Å². The molecule has 0 spiro atoms. The summed E-state index contributed by atoms with van der Waals surface area (Å²) in [6.07, 6.45) is 8.59. The molecule has 0 bridgehead atoms. The van der Waals surface area contributed by atoms with Crippen molar-refractivity contribution >= 4 is 12.0 Å². The molecule has 0 saturated carbocycles. The number of aromatic nitrogens is 2. The van der Waals surface area contributed by atoms with E-state index in [0.29, 0.717) is 0 Å². The number of hydrogen-bond acceptors (Lipinski definition) is 3. The molecule has 0 atom stereocenters. The Balaban J connectivity index is 1.94. The summed E-state index contributed by atoms with van der Waals surface area (Å²) in [7, 11) is 0. The van der Waals surface area contributed by atoms with Gasteiger partial charge in [0.25, 0.3) is 0 Å². The summed E-state index contributed by atoms with van der Waals surface area (Å²) < 4.78 is 7.03. The quantitative estimate of drug-likeness (QED) is 0.620. The van der Waals surface area contributed by atoms with E-state index in [-0.39, 0.29) is 12.1 Å². The second-order valence-corrected chi connectivity index (χ2v) is 4.80. The highest BCUT2D eigenvalue weighted by Crippen LogP contribution is 2.08. The van der Waals surface area contributed by atoms with Crippen molar-refractivity contribution in [3.05, 3.63) is 60.2 Å². The molecule has 0 saturated heterocycles. The van der Waals surface area contributed by atoms with Crippen molar-refractivity contribution in [1.82, 2.24) is 9.55 Å². The average Bonchev–Trinajstić information content (AvgIpc) is 2.90. The van der Waals surface area contributed by atoms with Crippen LogP contribution in [0, 0.1) is 0 Å². The molecule has 0 aliphatic carbocycles. The van der Waals surface area contributed by atoms with Crippen LogP contribution in [0.2, 0.25) is 0 Å². The first-order valence-corrected chi connectivity index (χ1v) is 6.57. The number of imidazole rings is 1. The molecule has 1 aromatic heterocycles. The van der Waals surface area contributed by atoms with Crippen LogP contribution in [0.4, 0.5) is 0 Å². The number of ether oxygens (including phenoxy) is 1. The molecule has 1 heterocycles. The fourth-order valence-corrected chi connectivity index (χ4v) is 1.76. The first kappa shape index (κ1) is 14.1. The Kier molecular flexibility index (Phi) is 4.71. The molecular weight excluding hydrogens is 252 g/mol. The lowest BCUT2D eigenvalue weighted by atomic mass is 10.1. The fourth-order valence-electron chi connectivity index (χ4n) is 1.76. The topological polar surface area (TPSA) is 44.1 Å². The molecule has 0 amide bonds. The van der Waals surface area contributed by atoms with Crippen LogP contribution in [-0.2, 0) is 16.1 Å². The van der Waals surface area contributed by atoms with Crippen molar-refractivity contribution in [2.24, 2.45) is 0 Å². The van der Waals surface area contributed by atoms with E-state index in [0.717, 1.165) is 12.1 Å². The second-order valence-electron chi connectivity index (χ2n) is 4.80. The minimum Gasteiger partial charge on any atom is -0.460 e. The predicted octanol–water partition coefficient (Wildman–Crippen LogP) is 2.90. The van der Waals surface area contributed by atoms with Gasteiger partial charge in [-0.05, 0) is 31.1 Å². The molecule has 20 heavy (non-hydrogen) atoms. The molecule has 0 fully saturated rings. The van der Waals surface area contributed by atoms with Crippen molar-refractivity contribution in [3.8, 4) is 0 Å². The molecule has 0 radical (unpaired) electrons. The number of nitrogens with zero attached hydrogens (tertiary/aromatic N) is 2. The Labute approximate surface area is 118 Å². The van der Waals surface area contributed by atoms with Crippen molar-refractivity contribution in [2.75, 3.05) is 0 Å². The summed E-state index contributed by atoms with van der Waals surface area (Å²) in [6, 6.07) is 8.03. The van der Waals surface area contributed by atoms with E-state index in [4.69, 9.17) is 4.74 Å². The number of esters is 1. The molecule has 4 heteroatoms. The molecule has 1 aromatic carbocycles. The van der Waals surface area contributed by atoms with Crippen LogP contribution in [0.5, 0.6) is 0 Å². The summed E-state index contributed by atoms with van der Waals surface area (Å²) in [6.45, 7) is 4.45. The van der Waals surface area contributed by atoms with Gasteiger partial charge < -0.3 is 9.30 Å². The molecule has 2 rings (SSSR count). The van der Waals surface area contributed by atoms with Gasteiger partial charge in [0.1, 0.15) is 0 Å². The average molecular weight is 270 g/mol. The van der Waals surface area contributed by atoms with E-state index in [2.05, 4.69) is 4.98 Å². The number of carbonyl (C=O) groups is 1. The maximum absolute atomic E-state index is 11.4. The van der Waals surface area contributed by atoms with E-state index in [9.17, 15) is 4.79 Å². The van der Waals surface area contributed by atoms with Gasteiger partial charge in [0, 0.05) is 25.0 Å². The molecule has 0 N–H and O–H groups in total. The normalized spacial score (nSPS) is 11.2. The van der Waals surface area contributed by atoms with Crippen LogP contribution in [0.1, 0.15) is 25.0 Å². The van der Waals surface area contributed by atoms with Crippen LogP contribution in [0.3, 0.4) is 0 Å². The van der Waals surface area contributed by atoms with Gasteiger partial charge in [-0.25, -0.2) is 9.78 Å². The van der Waals surface area contributed by atoms with Gasteiger partial charge in [-0.1, -0.05) is 24.3 Å². The Bertz CT molecular complexity index is 569. The van der Waals surface area contributed by atoms with E-state index in [1.54, 1.807) is 18.6 Å². The Morgan fingerprint density at radius 2 is 2.10 bits per heavy atom. The van der Waals surface area contributed by atoms with Crippen molar-refractivity contribution in [3.63, 3.8) is 0 Å². The minimum absolute atomic E-state index is 0.0929. The van der Waals surface area contributed by atoms with E-state index >= 15 is 0 Å². The largest absolute Gasteiger partial charge is 0.460 e. The summed E-state index contributed by atoms with van der Waals surface area (Å²) in [5.41, 5.74) is 2.16. The van der Waals surface area contributed by atoms with E-state index in [1.807, 2.05) is 48.9 Å². The third-order valence-electron chi connectivity index (χ3n) is 2.67. The van der Waals surface area contributed by atoms with E-state index < -0.39 is 0 Å². The zero-order valence-corrected chi connectivity index (χ0v) is 11.7. The highest BCUT2D eigenvalue weighted by atomic mass is 16.5. The van der Waals surface area contributed by atoms with Gasteiger partial charge in [-0.2, -0.15) is 0 Å². The van der Waals surface area contributed by atoms with Gasteiger partial charge in [0.15, 0.2) is 0 Å². The third kappa shape index (κ3) is 4.39.